The van der Waals surface area contributed by atoms with E-state index in [9.17, 15) is 4.79 Å². The zero-order chi connectivity index (χ0) is 18.1. The van der Waals surface area contributed by atoms with Crippen molar-refractivity contribution in [3.8, 4) is 17.2 Å². The highest BCUT2D eigenvalue weighted by atomic mass is 16.5. The molecule has 0 spiro atoms. The fraction of sp³-hybridized carbons (Fsp3) is 0.250. The van der Waals surface area contributed by atoms with Crippen LogP contribution in [0.15, 0.2) is 48.5 Å². The summed E-state index contributed by atoms with van der Waals surface area (Å²) in [4.78, 5) is 11.9. The molecule has 0 aliphatic heterocycles. The SMILES string of the molecule is COc1cccc(/C=C/C(=O)NCCc2ccc(OC)c(OC)c2)c1. The zero-order valence-electron chi connectivity index (χ0n) is 14.7. The first-order valence-electron chi connectivity index (χ1n) is 7.97. The number of ether oxygens (including phenoxy) is 3. The second-order valence-corrected chi connectivity index (χ2v) is 5.34. The first-order valence-corrected chi connectivity index (χ1v) is 7.97. The molecule has 5 nitrogen and oxygen atoms in total. The first kappa shape index (κ1) is 18.4. The molecule has 0 bridgehead atoms. The van der Waals surface area contributed by atoms with Crippen molar-refractivity contribution in [2.75, 3.05) is 27.9 Å². The van der Waals surface area contributed by atoms with E-state index in [-0.39, 0.29) is 5.91 Å². The molecule has 1 N–H and O–H groups in total. The first-order chi connectivity index (χ1) is 12.2. The zero-order valence-corrected chi connectivity index (χ0v) is 14.7. The van der Waals surface area contributed by atoms with Gasteiger partial charge in [-0.15, -0.1) is 0 Å². The Morgan fingerprint density at radius 1 is 1.00 bits per heavy atom. The number of methoxy groups -OCH3 is 3. The molecule has 0 saturated heterocycles. The maximum absolute atomic E-state index is 11.9. The average molecular weight is 341 g/mol. The van der Waals surface area contributed by atoms with Gasteiger partial charge in [-0.25, -0.2) is 0 Å². The van der Waals surface area contributed by atoms with E-state index in [1.807, 2.05) is 42.5 Å². The third kappa shape index (κ3) is 5.57. The van der Waals surface area contributed by atoms with Gasteiger partial charge in [-0.2, -0.15) is 0 Å². The highest BCUT2D eigenvalue weighted by Gasteiger charge is 2.04. The fourth-order valence-corrected chi connectivity index (χ4v) is 2.34. The van der Waals surface area contributed by atoms with E-state index in [0.29, 0.717) is 24.5 Å². The molecule has 0 unspecified atom stereocenters. The minimum Gasteiger partial charge on any atom is -0.497 e. The van der Waals surface area contributed by atoms with Gasteiger partial charge in [0.05, 0.1) is 21.3 Å². The van der Waals surface area contributed by atoms with Gasteiger partial charge in [0.2, 0.25) is 5.91 Å². The standard InChI is InChI=1S/C20H23NO4/c1-23-17-6-4-5-15(13-17)8-10-20(22)21-12-11-16-7-9-18(24-2)19(14-16)25-3/h4-10,13-14H,11-12H2,1-3H3,(H,21,22)/b10-8+. The Morgan fingerprint density at radius 3 is 2.52 bits per heavy atom. The van der Waals surface area contributed by atoms with E-state index >= 15 is 0 Å². The predicted molar refractivity (Wildman–Crippen MR) is 98.3 cm³/mol. The molecular weight excluding hydrogens is 318 g/mol. The molecule has 0 heterocycles. The lowest BCUT2D eigenvalue weighted by atomic mass is 10.1. The lowest BCUT2D eigenvalue weighted by molar-refractivity contribution is -0.116. The van der Waals surface area contributed by atoms with Crippen LogP contribution in [0.4, 0.5) is 0 Å². The van der Waals surface area contributed by atoms with Crippen LogP contribution in [0.5, 0.6) is 17.2 Å². The van der Waals surface area contributed by atoms with Gasteiger partial charge in [0, 0.05) is 12.6 Å². The van der Waals surface area contributed by atoms with Gasteiger partial charge in [-0.3, -0.25) is 4.79 Å². The smallest absolute Gasteiger partial charge is 0.244 e. The van der Waals surface area contributed by atoms with E-state index in [1.165, 1.54) is 6.08 Å². The van der Waals surface area contributed by atoms with Crippen LogP contribution in [0.1, 0.15) is 11.1 Å². The summed E-state index contributed by atoms with van der Waals surface area (Å²) in [5, 5.41) is 2.87. The van der Waals surface area contributed by atoms with Crippen molar-refractivity contribution in [3.63, 3.8) is 0 Å². The number of carbonyl (C=O) groups is 1. The lowest BCUT2D eigenvalue weighted by Gasteiger charge is -2.09. The summed E-state index contributed by atoms with van der Waals surface area (Å²) in [5.41, 5.74) is 1.98. The van der Waals surface area contributed by atoms with Crippen molar-refractivity contribution in [1.29, 1.82) is 0 Å². The highest BCUT2D eigenvalue weighted by molar-refractivity contribution is 5.91. The Kier molecular flexibility index (Phi) is 6.89. The molecule has 0 saturated carbocycles. The predicted octanol–water partition coefficient (Wildman–Crippen LogP) is 3.08. The van der Waals surface area contributed by atoms with Crippen LogP contribution < -0.4 is 19.5 Å². The molecule has 1 amide bonds. The van der Waals surface area contributed by atoms with Crippen LogP contribution in [-0.2, 0) is 11.2 Å². The Hall–Kier alpha value is -2.95. The van der Waals surface area contributed by atoms with Crippen LogP contribution in [-0.4, -0.2) is 33.8 Å². The molecule has 0 atom stereocenters. The maximum Gasteiger partial charge on any atom is 0.244 e. The molecule has 2 aromatic rings. The third-order valence-corrected chi connectivity index (χ3v) is 3.68. The Bertz CT molecular complexity index is 740. The van der Waals surface area contributed by atoms with Crippen LogP contribution in [0.2, 0.25) is 0 Å². The van der Waals surface area contributed by atoms with E-state index in [2.05, 4.69) is 5.32 Å². The molecule has 5 heteroatoms. The maximum atomic E-state index is 11.9. The quantitative estimate of drug-likeness (QED) is 0.750. The van der Waals surface area contributed by atoms with Crippen LogP contribution in [0, 0.1) is 0 Å². The van der Waals surface area contributed by atoms with Gasteiger partial charge >= 0.3 is 0 Å². The molecule has 25 heavy (non-hydrogen) atoms. The second kappa shape index (κ2) is 9.37. The van der Waals surface area contributed by atoms with Gasteiger partial charge in [-0.1, -0.05) is 18.2 Å². The van der Waals surface area contributed by atoms with Gasteiger partial charge in [0.15, 0.2) is 11.5 Å². The summed E-state index contributed by atoms with van der Waals surface area (Å²) in [6.07, 6.45) is 3.98. The second-order valence-electron chi connectivity index (χ2n) is 5.34. The Labute approximate surface area is 148 Å². The number of rotatable bonds is 8. The van der Waals surface area contributed by atoms with Crippen LogP contribution >= 0.6 is 0 Å². The van der Waals surface area contributed by atoms with Crippen molar-refractivity contribution < 1.29 is 19.0 Å². The molecule has 0 radical (unpaired) electrons. The highest BCUT2D eigenvalue weighted by Crippen LogP contribution is 2.27. The lowest BCUT2D eigenvalue weighted by Crippen LogP contribution is -2.23. The summed E-state index contributed by atoms with van der Waals surface area (Å²) in [5.74, 6) is 2.00. The summed E-state index contributed by atoms with van der Waals surface area (Å²) < 4.78 is 15.6. The van der Waals surface area contributed by atoms with E-state index in [4.69, 9.17) is 14.2 Å². The number of nitrogens with one attached hydrogen (secondary N) is 1. The minimum absolute atomic E-state index is 0.136. The molecule has 0 aliphatic rings. The third-order valence-electron chi connectivity index (χ3n) is 3.68. The minimum atomic E-state index is -0.136. The van der Waals surface area contributed by atoms with Gasteiger partial charge in [0.1, 0.15) is 5.75 Å². The average Bonchev–Trinajstić information content (AvgIpc) is 2.66. The normalized spacial score (nSPS) is 10.5. The fourth-order valence-electron chi connectivity index (χ4n) is 2.34. The molecule has 2 rings (SSSR count). The van der Waals surface area contributed by atoms with Crippen LogP contribution in [0.25, 0.3) is 6.08 Å². The Balaban J connectivity index is 1.85. The molecular formula is C20H23NO4. The monoisotopic (exact) mass is 341 g/mol. The van der Waals surface area contributed by atoms with Crippen molar-refractivity contribution in [2.45, 2.75) is 6.42 Å². The number of hydrogen-bond acceptors (Lipinski definition) is 4. The van der Waals surface area contributed by atoms with E-state index in [0.717, 1.165) is 16.9 Å². The van der Waals surface area contributed by atoms with Gasteiger partial charge in [-0.05, 0) is 47.9 Å². The molecule has 2 aromatic carbocycles. The molecule has 0 aliphatic carbocycles. The number of carbonyl (C=O) groups excluding carboxylic acids is 1. The summed E-state index contributed by atoms with van der Waals surface area (Å²) >= 11 is 0. The van der Waals surface area contributed by atoms with Crippen molar-refractivity contribution in [2.24, 2.45) is 0 Å². The van der Waals surface area contributed by atoms with Crippen molar-refractivity contribution in [3.05, 3.63) is 59.7 Å². The van der Waals surface area contributed by atoms with Gasteiger partial charge < -0.3 is 19.5 Å². The number of benzene rings is 2. The van der Waals surface area contributed by atoms with E-state index in [1.54, 1.807) is 27.4 Å². The van der Waals surface area contributed by atoms with E-state index < -0.39 is 0 Å². The number of hydrogen-bond donors (Lipinski definition) is 1. The van der Waals surface area contributed by atoms with Gasteiger partial charge in [0.25, 0.3) is 0 Å². The summed E-state index contributed by atoms with van der Waals surface area (Å²) in [6, 6.07) is 13.3. The summed E-state index contributed by atoms with van der Waals surface area (Å²) in [6.45, 7) is 0.538. The molecule has 132 valence electrons. The summed E-state index contributed by atoms with van der Waals surface area (Å²) in [7, 11) is 4.82. The van der Waals surface area contributed by atoms with Crippen LogP contribution in [0.3, 0.4) is 0 Å². The topological polar surface area (TPSA) is 56.8 Å². The van der Waals surface area contributed by atoms with Crippen molar-refractivity contribution in [1.82, 2.24) is 5.32 Å². The van der Waals surface area contributed by atoms with Crippen molar-refractivity contribution >= 4 is 12.0 Å². The Morgan fingerprint density at radius 2 is 1.80 bits per heavy atom. The largest absolute Gasteiger partial charge is 0.497 e. The molecule has 0 aromatic heterocycles. The number of amides is 1. The molecule has 0 fully saturated rings.